The van der Waals surface area contributed by atoms with Crippen LogP contribution in [0.25, 0.3) is 0 Å². The van der Waals surface area contributed by atoms with E-state index in [1.54, 1.807) is 43.0 Å². The molecule has 1 aromatic carbocycles. The van der Waals surface area contributed by atoms with Crippen LogP contribution in [0.2, 0.25) is 0 Å². The highest BCUT2D eigenvalue weighted by atomic mass is 16.6. The first-order valence-electron chi connectivity index (χ1n) is 18.0. The van der Waals surface area contributed by atoms with Crippen LogP contribution in [0.15, 0.2) is 36.4 Å². The van der Waals surface area contributed by atoms with Crippen molar-refractivity contribution >= 4 is 47.3 Å². The van der Waals surface area contributed by atoms with E-state index >= 15 is 0 Å². The Bertz CT molecular complexity index is 1450. The summed E-state index contributed by atoms with van der Waals surface area (Å²) in [5, 5.41) is 10.8. The summed E-state index contributed by atoms with van der Waals surface area (Å²) in [6, 6.07) is 4.21. The number of likely N-dealkylation sites (tertiary alicyclic amines) is 1. The molecule has 2 heterocycles. The predicted octanol–water partition coefficient (Wildman–Crippen LogP) is 3.19. The highest BCUT2D eigenvalue weighted by molar-refractivity contribution is 6.12. The van der Waals surface area contributed by atoms with Crippen LogP contribution in [0.4, 0.5) is 15.3 Å². The Morgan fingerprint density at radius 3 is 2.19 bits per heavy atom. The molecule has 52 heavy (non-hydrogen) atoms. The Morgan fingerprint density at radius 2 is 1.60 bits per heavy atom. The average Bonchev–Trinajstić information content (AvgIpc) is 3.71. The maximum Gasteiger partial charge on any atom is 0.410 e. The molecule has 1 saturated heterocycles. The maximum absolute atomic E-state index is 13.4. The molecule has 0 saturated carbocycles. The molecule has 2 aliphatic heterocycles. The predicted molar refractivity (Wildman–Crippen MR) is 194 cm³/mol. The maximum atomic E-state index is 13.4. The highest BCUT2D eigenvalue weighted by Gasteiger charge is 2.34. The minimum absolute atomic E-state index is 0.0793. The number of ether oxygens (including phenoxy) is 1. The highest BCUT2D eigenvalue weighted by Crippen LogP contribution is 2.33. The molecule has 1 unspecified atom stereocenters. The number of nitrogens with two attached hydrogens (primary N) is 1. The second-order valence-corrected chi connectivity index (χ2v) is 14.8. The number of primary amides is 1. The van der Waals surface area contributed by atoms with Crippen LogP contribution in [0, 0.1) is 17.3 Å². The molecule has 6 N–H and O–H groups in total. The van der Waals surface area contributed by atoms with Crippen molar-refractivity contribution in [3.8, 4) is 0 Å². The SMILES string of the molecule is CC(C)[C@H](NC(=O)CCCCCN1C(=O)C=CC1=O)C(=O)N[C@@H](CCCNC(N)=O)C(=O)Nc1ccc(COC(=O)N2CCC(C(C)(C)C)C2)cc1. The van der Waals surface area contributed by atoms with E-state index in [0.29, 0.717) is 50.4 Å². The quantitative estimate of drug-likeness (QED) is 0.112. The van der Waals surface area contributed by atoms with Crippen molar-refractivity contribution in [3.63, 3.8) is 0 Å². The van der Waals surface area contributed by atoms with Crippen molar-refractivity contribution in [2.24, 2.45) is 23.0 Å². The molecule has 3 rings (SSSR count). The van der Waals surface area contributed by atoms with Crippen LogP contribution in [-0.4, -0.2) is 89.7 Å². The molecule has 2 aliphatic rings. The van der Waals surface area contributed by atoms with Crippen molar-refractivity contribution in [2.45, 2.75) is 98.3 Å². The van der Waals surface area contributed by atoms with Crippen LogP contribution in [0.3, 0.4) is 0 Å². The van der Waals surface area contributed by atoms with Gasteiger partial charge in [-0.1, -0.05) is 53.2 Å². The zero-order valence-corrected chi connectivity index (χ0v) is 31.0. The number of imide groups is 1. The molecule has 0 spiro atoms. The third-order valence-corrected chi connectivity index (χ3v) is 9.31. The fourth-order valence-corrected chi connectivity index (χ4v) is 6.00. The fraction of sp³-hybridized carbons (Fsp3) is 0.595. The van der Waals surface area contributed by atoms with Gasteiger partial charge in [0.2, 0.25) is 17.7 Å². The van der Waals surface area contributed by atoms with Crippen LogP contribution in [-0.2, 0) is 35.3 Å². The molecule has 0 bridgehead atoms. The number of hydrogen-bond donors (Lipinski definition) is 5. The summed E-state index contributed by atoms with van der Waals surface area (Å²) in [4.78, 5) is 89.7. The molecule has 15 nitrogen and oxygen atoms in total. The number of benzene rings is 1. The van der Waals surface area contributed by atoms with Gasteiger partial charge in [-0.15, -0.1) is 0 Å². The van der Waals surface area contributed by atoms with Crippen LogP contribution in [0.1, 0.15) is 85.1 Å². The van der Waals surface area contributed by atoms with Gasteiger partial charge in [0.25, 0.3) is 11.8 Å². The van der Waals surface area contributed by atoms with E-state index in [1.165, 1.54) is 12.2 Å². The summed E-state index contributed by atoms with van der Waals surface area (Å²) in [7, 11) is 0. The average molecular weight is 726 g/mol. The first-order chi connectivity index (χ1) is 24.5. The van der Waals surface area contributed by atoms with Gasteiger partial charge in [-0.25, -0.2) is 9.59 Å². The van der Waals surface area contributed by atoms with E-state index < -0.39 is 29.9 Å². The second-order valence-electron chi connectivity index (χ2n) is 14.8. The van der Waals surface area contributed by atoms with E-state index in [0.717, 1.165) is 16.9 Å². The largest absolute Gasteiger partial charge is 0.445 e. The number of nitrogens with one attached hydrogen (secondary N) is 4. The van der Waals surface area contributed by atoms with Crippen molar-refractivity contribution in [3.05, 3.63) is 42.0 Å². The Morgan fingerprint density at radius 1 is 0.923 bits per heavy atom. The summed E-state index contributed by atoms with van der Waals surface area (Å²) < 4.78 is 5.53. The van der Waals surface area contributed by atoms with Gasteiger partial charge >= 0.3 is 12.1 Å². The molecule has 0 aliphatic carbocycles. The van der Waals surface area contributed by atoms with Gasteiger partial charge in [-0.2, -0.15) is 0 Å². The molecule has 286 valence electrons. The Balaban J connectivity index is 1.52. The third kappa shape index (κ3) is 13.3. The zero-order valence-electron chi connectivity index (χ0n) is 31.0. The molecule has 8 amide bonds. The van der Waals surface area contributed by atoms with Gasteiger partial charge < -0.3 is 36.6 Å². The molecule has 15 heteroatoms. The van der Waals surface area contributed by atoms with Crippen molar-refractivity contribution in [2.75, 3.05) is 31.5 Å². The first kappa shape index (κ1) is 41.5. The van der Waals surface area contributed by atoms with Gasteiger partial charge in [-0.3, -0.25) is 28.9 Å². The van der Waals surface area contributed by atoms with Gasteiger partial charge in [0.15, 0.2) is 0 Å². The number of carbonyl (C=O) groups is 7. The van der Waals surface area contributed by atoms with E-state index in [2.05, 4.69) is 42.0 Å². The number of amides is 8. The molecule has 1 aromatic rings. The standard InChI is InChI=1S/C37H55N7O8/c1-24(2)32(42-29(45)11-7-6-8-20-44-30(46)16-17-31(44)47)34(49)41-28(10-9-19-39-35(38)50)33(48)40-27-14-12-25(13-15-27)23-52-36(51)43-21-18-26(22-43)37(3,4)5/h12-17,24,26,28,32H,6-11,18-23H2,1-5H3,(H,40,48)(H,41,49)(H,42,45)(H3,38,39,50)/t26?,28-,32-/m0/s1. The smallest absolute Gasteiger partial charge is 0.410 e. The normalized spacial score (nSPS) is 16.8. The van der Waals surface area contributed by atoms with E-state index in [-0.39, 0.29) is 67.7 Å². The number of hydrogen-bond acceptors (Lipinski definition) is 8. The fourth-order valence-electron chi connectivity index (χ4n) is 6.00. The second kappa shape index (κ2) is 19.6. The first-order valence-corrected chi connectivity index (χ1v) is 18.0. The minimum atomic E-state index is -0.996. The Hall–Kier alpha value is -4.95. The van der Waals surface area contributed by atoms with Crippen LogP contribution >= 0.6 is 0 Å². The molecule has 3 atom stereocenters. The molecule has 1 fully saturated rings. The monoisotopic (exact) mass is 725 g/mol. The van der Waals surface area contributed by atoms with Gasteiger partial charge in [0, 0.05) is 50.4 Å². The lowest BCUT2D eigenvalue weighted by atomic mass is 9.80. The van der Waals surface area contributed by atoms with E-state index in [4.69, 9.17) is 10.5 Å². The summed E-state index contributed by atoms with van der Waals surface area (Å²) in [6.07, 6.45) is 5.36. The number of unbranched alkanes of at least 4 members (excludes halogenated alkanes) is 2. The Kier molecular flexibility index (Phi) is 15.6. The van der Waals surface area contributed by atoms with Gasteiger partial charge in [0.05, 0.1) is 0 Å². The summed E-state index contributed by atoms with van der Waals surface area (Å²) in [5.41, 5.74) is 6.49. The molecule has 0 aromatic heterocycles. The lowest BCUT2D eigenvalue weighted by Crippen LogP contribution is -2.54. The van der Waals surface area contributed by atoms with Crippen molar-refractivity contribution in [1.82, 2.24) is 25.8 Å². The summed E-state index contributed by atoms with van der Waals surface area (Å²) in [6.45, 7) is 12.0. The minimum Gasteiger partial charge on any atom is -0.445 e. The van der Waals surface area contributed by atoms with Crippen LogP contribution < -0.4 is 27.0 Å². The molecule has 0 radical (unpaired) electrons. The molecular weight excluding hydrogens is 670 g/mol. The topological polar surface area (TPSA) is 209 Å². The van der Waals surface area contributed by atoms with E-state index in [1.807, 2.05) is 0 Å². The van der Waals surface area contributed by atoms with E-state index in [9.17, 15) is 33.6 Å². The third-order valence-electron chi connectivity index (χ3n) is 9.31. The van der Waals surface area contributed by atoms with Crippen molar-refractivity contribution < 1.29 is 38.3 Å². The van der Waals surface area contributed by atoms with Gasteiger partial charge in [0.1, 0.15) is 18.7 Å². The number of nitrogens with zero attached hydrogens (tertiary/aromatic N) is 2. The number of urea groups is 1. The summed E-state index contributed by atoms with van der Waals surface area (Å²) >= 11 is 0. The zero-order chi connectivity index (χ0) is 38.4. The summed E-state index contributed by atoms with van der Waals surface area (Å²) in [5.74, 6) is -1.93. The van der Waals surface area contributed by atoms with Crippen molar-refractivity contribution in [1.29, 1.82) is 0 Å². The van der Waals surface area contributed by atoms with Gasteiger partial charge in [-0.05, 0) is 67.1 Å². The molecular formula is C37H55N7O8. The lowest BCUT2D eigenvalue weighted by molar-refractivity contribution is -0.137. The lowest BCUT2D eigenvalue weighted by Gasteiger charge is -2.26. The number of carbonyl (C=O) groups excluding carboxylic acids is 7. The Labute approximate surface area is 305 Å². The number of anilines is 1. The number of rotatable bonds is 18. The van der Waals surface area contributed by atoms with Crippen LogP contribution in [0.5, 0.6) is 0 Å².